The third kappa shape index (κ3) is 3.47. The molecule has 0 aliphatic carbocycles. The van der Waals surface area contributed by atoms with E-state index in [4.69, 9.17) is 10.5 Å². The molecule has 0 fully saturated rings. The van der Waals surface area contributed by atoms with Gasteiger partial charge in [-0.3, -0.25) is 4.79 Å². The summed E-state index contributed by atoms with van der Waals surface area (Å²) < 4.78 is 31.5. The number of halogens is 2. The van der Waals surface area contributed by atoms with Crippen LogP contribution in [0.5, 0.6) is 5.75 Å². The topological polar surface area (TPSA) is 64.3 Å². The number of carbonyl (C=O) groups excluding carboxylic acids is 1. The van der Waals surface area contributed by atoms with Gasteiger partial charge in [0.25, 0.3) is 0 Å². The quantitative estimate of drug-likeness (QED) is 0.890. The van der Waals surface area contributed by atoms with Crippen molar-refractivity contribution in [2.75, 3.05) is 12.4 Å². The summed E-state index contributed by atoms with van der Waals surface area (Å²) >= 11 is 0. The molecule has 0 atom stereocenters. The smallest absolute Gasteiger partial charge is 0.248 e. The zero-order valence-corrected chi connectivity index (χ0v) is 11.3. The Morgan fingerprint density at radius 2 is 2.00 bits per heavy atom. The van der Waals surface area contributed by atoms with Crippen LogP contribution in [0.1, 0.15) is 15.9 Å². The van der Waals surface area contributed by atoms with Gasteiger partial charge in [0.1, 0.15) is 17.4 Å². The molecule has 0 saturated heterocycles. The van der Waals surface area contributed by atoms with E-state index < -0.39 is 17.5 Å². The maximum atomic E-state index is 13.6. The fourth-order valence-corrected chi connectivity index (χ4v) is 1.85. The highest BCUT2D eigenvalue weighted by molar-refractivity contribution is 5.94. The monoisotopic (exact) mass is 292 g/mol. The van der Waals surface area contributed by atoms with E-state index in [1.165, 1.54) is 31.4 Å². The van der Waals surface area contributed by atoms with Crippen molar-refractivity contribution in [2.24, 2.45) is 5.73 Å². The Balaban J connectivity index is 2.22. The van der Waals surface area contributed by atoms with Crippen LogP contribution >= 0.6 is 0 Å². The Hall–Kier alpha value is -2.63. The van der Waals surface area contributed by atoms with E-state index in [1.807, 2.05) is 0 Å². The summed E-state index contributed by atoms with van der Waals surface area (Å²) in [7, 11) is 1.48. The molecule has 2 aromatic carbocycles. The average Bonchev–Trinajstić information content (AvgIpc) is 2.46. The highest BCUT2D eigenvalue weighted by atomic mass is 19.1. The molecule has 0 saturated carbocycles. The number of carbonyl (C=O) groups is 1. The average molecular weight is 292 g/mol. The number of hydrogen-bond donors (Lipinski definition) is 2. The number of primary amides is 1. The fourth-order valence-electron chi connectivity index (χ4n) is 1.85. The summed E-state index contributed by atoms with van der Waals surface area (Å²) in [6.45, 7) is 0.116. The van der Waals surface area contributed by atoms with Crippen molar-refractivity contribution in [1.82, 2.24) is 0 Å². The van der Waals surface area contributed by atoms with Crippen molar-refractivity contribution in [1.29, 1.82) is 0 Å². The number of nitrogens with one attached hydrogen (secondary N) is 1. The van der Waals surface area contributed by atoms with Crippen LogP contribution in [0.25, 0.3) is 0 Å². The van der Waals surface area contributed by atoms with Gasteiger partial charge in [0.15, 0.2) is 0 Å². The first kappa shape index (κ1) is 14.8. The SMILES string of the molecule is COc1ccc(C(N)=O)cc1NCc1ccc(F)cc1F. The van der Waals surface area contributed by atoms with Crippen LogP contribution in [0.2, 0.25) is 0 Å². The standard InChI is InChI=1S/C15H14F2N2O2/c1-21-14-5-3-9(15(18)20)6-13(14)19-8-10-2-4-11(16)7-12(10)17/h2-7,19H,8H2,1H3,(H2,18,20). The van der Waals surface area contributed by atoms with Crippen molar-refractivity contribution < 1.29 is 18.3 Å². The molecule has 0 spiro atoms. The second-order valence-corrected chi connectivity index (χ2v) is 4.37. The summed E-state index contributed by atoms with van der Waals surface area (Å²) in [6.07, 6.45) is 0. The number of ether oxygens (including phenoxy) is 1. The second kappa shape index (κ2) is 6.21. The molecule has 0 radical (unpaired) electrons. The van der Waals surface area contributed by atoms with Gasteiger partial charge in [0.2, 0.25) is 5.91 Å². The maximum Gasteiger partial charge on any atom is 0.248 e. The zero-order chi connectivity index (χ0) is 15.4. The molecule has 2 rings (SSSR count). The van der Waals surface area contributed by atoms with Crippen LogP contribution in [0.15, 0.2) is 36.4 Å². The molecule has 2 aromatic rings. The van der Waals surface area contributed by atoms with E-state index in [9.17, 15) is 13.6 Å². The molecular weight excluding hydrogens is 278 g/mol. The van der Waals surface area contributed by atoms with Gasteiger partial charge < -0.3 is 15.8 Å². The Morgan fingerprint density at radius 3 is 2.62 bits per heavy atom. The van der Waals surface area contributed by atoms with E-state index in [1.54, 1.807) is 6.07 Å². The first-order valence-electron chi connectivity index (χ1n) is 6.17. The lowest BCUT2D eigenvalue weighted by atomic mass is 10.1. The lowest BCUT2D eigenvalue weighted by Crippen LogP contribution is -2.12. The van der Waals surface area contributed by atoms with Gasteiger partial charge in [-0.25, -0.2) is 8.78 Å². The van der Waals surface area contributed by atoms with Crippen LogP contribution < -0.4 is 15.8 Å². The Kier molecular flexibility index (Phi) is 4.37. The van der Waals surface area contributed by atoms with Gasteiger partial charge >= 0.3 is 0 Å². The van der Waals surface area contributed by atoms with Crippen LogP contribution in [0.3, 0.4) is 0 Å². The van der Waals surface area contributed by atoms with E-state index in [0.29, 0.717) is 22.6 Å². The van der Waals surface area contributed by atoms with Gasteiger partial charge in [-0.05, 0) is 24.3 Å². The Labute approximate surface area is 120 Å². The molecule has 0 unspecified atom stereocenters. The van der Waals surface area contributed by atoms with Gasteiger partial charge in [-0.2, -0.15) is 0 Å². The predicted molar refractivity (Wildman–Crippen MR) is 75.2 cm³/mol. The maximum absolute atomic E-state index is 13.6. The normalized spacial score (nSPS) is 10.2. The number of hydrogen-bond acceptors (Lipinski definition) is 3. The summed E-state index contributed by atoms with van der Waals surface area (Å²) in [5.41, 5.74) is 6.31. The molecule has 21 heavy (non-hydrogen) atoms. The Bertz CT molecular complexity index is 675. The molecule has 3 N–H and O–H groups in total. The van der Waals surface area contributed by atoms with E-state index in [-0.39, 0.29) is 6.54 Å². The highest BCUT2D eigenvalue weighted by Crippen LogP contribution is 2.26. The molecule has 1 amide bonds. The number of methoxy groups -OCH3 is 1. The minimum atomic E-state index is -0.646. The van der Waals surface area contributed by atoms with Gasteiger partial charge in [0.05, 0.1) is 12.8 Å². The lowest BCUT2D eigenvalue weighted by molar-refractivity contribution is 0.100. The first-order chi connectivity index (χ1) is 10.0. The minimum Gasteiger partial charge on any atom is -0.495 e. The molecule has 4 nitrogen and oxygen atoms in total. The van der Waals surface area contributed by atoms with Crippen molar-refractivity contribution in [2.45, 2.75) is 6.54 Å². The molecule has 0 aliphatic heterocycles. The molecular formula is C15H14F2N2O2. The number of benzene rings is 2. The lowest BCUT2D eigenvalue weighted by Gasteiger charge is -2.12. The third-order valence-corrected chi connectivity index (χ3v) is 2.97. The molecule has 110 valence electrons. The van der Waals surface area contributed by atoms with E-state index in [2.05, 4.69) is 5.32 Å². The van der Waals surface area contributed by atoms with Gasteiger partial charge in [0, 0.05) is 23.7 Å². The van der Waals surface area contributed by atoms with Crippen LogP contribution in [-0.4, -0.2) is 13.0 Å². The predicted octanol–water partition coefficient (Wildman–Crippen LogP) is 2.68. The van der Waals surface area contributed by atoms with Crippen LogP contribution in [-0.2, 0) is 6.54 Å². The summed E-state index contributed by atoms with van der Waals surface area (Å²) in [4.78, 5) is 11.2. The van der Waals surface area contributed by atoms with Crippen molar-refractivity contribution in [3.63, 3.8) is 0 Å². The van der Waals surface area contributed by atoms with E-state index in [0.717, 1.165) is 6.07 Å². The Morgan fingerprint density at radius 1 is 1.24 bits per heavy atom. The number of nitrogens with two attached hydrogens (primary N) is 1. The second-order valence-electron chi connectivity index (χ2n) is 4.37. The highest BCUT2D eigenvalue weighted by Gasteiger charge is 2.09. The van der Waals surface area contributed by atoms with Crippen molar-refractivity contribution in [3.8, 4) is 5.75 Å². The summed E-state index contributed by atoms with van der Waals surface area (Å²) in [6, 6.07) is 7.98. The largest absolute Gasteiger partial charge is 0.495 e. The third-order valence-electron chi connectivity index (χ3n) is 2.97. The number of anilines is 1. The number of amides is 1. The molecule has 0 heterocycles. The van der Waals surface area contributed by atoms with Crippen molar-refractivity contribution in [3.05, 3.63) is 59.2 Å². The van der Waals surface area contributed by atoms with Gasteiger partial charge in [-0.1, -0.05) is 6.07 Å². The summed E-state index contributed by atoms with van der Waals surface area (Å²) in [5.74, 6) is -1.37. The van der Waals surface area contributed by atoms with E-state index >= 15 is 0 Å². The first-order valence-corrected chi connectivity index (χ1v) is 6.17. The van der Waals surface area contributed by atoms with Crippen LogP contribution in [0, 0.1) is 11.6 Å². The molecule has 0 aliphatic rings. The molecule has 0 bridgehead atoms. The molecule has 0 aromatic heterocycles. The molecule has 6 heteroatoms. The zero-order valence-electron chi connectivity index (χ0n) is 11.3. The van der Waals surface area contributed by atoms with Crippen LogP contribution in [0.4, 0.5) is 14.5 Å². The summed E-state index contributed by atoms with van der Waals surface area (Å²) in [5, 5.41) is 2.94. The van der Waals surface area contributed by atoms with Gasteiger partial charge in [-0.15, -0.1) is 0 Å². The van der Waals surface area contributed by atoms with Crippen molar-refractivity contribution >= 4 is 11.6 Å². The minimum absolute atomic E-state index is 0.116. The number of rotatable bonds is 5. The fraction of sp³-hybridized carbons (Fsp3) is 0.133.